The fourth-order valence-corrected chi connectivity index (χ4v) is 3.97. The molecule has 0 radical (unpaired) electrons. The number of hydrogen-bond acceptors (Lipinski definition) is 7. The van der Waals surface area contributed by atoms with Crippen LogP contribution >= 0.6 is 0 Å². The number of hydrogen-bond donors (Lipinski definition) is 0. The van der Waals surface area contributed by atoms with Gasteiger partial charge in [-0.3, -0.25) is 4.79 Å². The van der Waals surface area contributed by atoms with Crippen LogP contribution in [0.15, 0.2) is 54.9 Å². The Morgan fingerprint density at radius 1 is 1.00 bits per heavy atom. The van der Waals surface area contributed by atoms with Gasteiger partial charge in [0.2, 0.25) is 0 Å². The quantitative estimate of drug-likeness (QED) is 0.492. The molecule has 0 spiro atoms. The molecule has 1 aliphatic heterocycles. The van der Waals surface area contributed by atoms with Crippen molar-refractivity contribution in [1.82, 2.24) is 29.9 Å². The Kier molecular flexibility index (Phi) is 5.14. The molecule has 162 valence electrons. The third-order valence-electron chi connectivity index (χ3n) is 5.65. The summed E-state index contributed by atoms with van der Waals surface area (Å²) in [6.07, 6.45) is 1.53. The Hall–Kier alpha value is -4.01. The lowest BCUT2D eigenvalue weighted by Gasteiger charge is -2.35. The molecule has 5 rings (SSSR count). The highest BCUT2D eigenvalue weighted by Crippen LogP contribution is 2.25. The molecule has 0 unspecified atom stereocenters. The van der Waals surface area contributed by atoms with Crippen LogP contribution in [0.2, 0.25) is 0 Å². The van der Waals surface area contributed by atoms with Gasteiger partial charge in [0.25, 0.3) is 5.91 Å². The number of rotatable bonds is 4. The molecule has 1 saturated heterocycles. The summed E-state index contributed by atoms with van der Waals surface area (Å²) in [6.45, 7) is 4.55. The van der Waals surface area contributed by atoms with Gasteiger partial charge in [0.15, 0.2) is 17.0 Å². The summed E-state index contributed by atoms with van der Waals surface area (Å²) in [5.41, 5.74) is 3.88. The minimum atomic E-state index is 0.0603. The second-order valence-electron chi connectivity index (χ2n) is 7.72. The molecule has 4 aromatic rings. The Bertz CT molecular complexity index is 1280. The van der Waals surface area contributed by atoms with Crippen LogP contribution in [0.5, 0.6) is 5.75 Å². The van der Waals surface area contributed by atoms with Crippen molar-refractivity contribution < 1.29 is 9.53 Å². The number of aromatic nitrogens is 5. The normalized spacial score (nSPS) is 14.1. The Labute approximate surface area is 185 Å². The molecule has 9 nitrogen and oxygen atoms in total. The molecule has 2 aromatic heterocycles. The van der Waals surface area contributed by atoms with Crippen molar-refractivity contribution in [1.29, 1.82) is 0 Å². The molecule has 0 saturated carbocycles. The van der Waals surface area contributed by atoms with Gasteiger partial charge in [-0.05, 0) is 31.2 Å². The van der Waals surface area contributed by atoms with Crippen molar-refractivity contribution in [2.75, 3.05) is 38.2 Å². The van der Waals surface area contributed by atoms with Gasteiger partial charge in [-0.1, -0.05) is 29.0 Å². The van der Waals surface area contributed by atoms with Gasteiger partial charge in [0.1, 0.15) is 12.1 Å². The van der Waals surface area contributed by atoms with Gasteiger partial charge in [0.05, 0.1) is 12.8 Å². The topological polar surface area (TPSA) is 89.3 Å². The fraction of sp³-hybridized carbons (Fsp3) is 0.261. The molecule has 3 heterocycles. The standard InChI is InChI=1S/C23H23N7O2/c1-16-5-3-6-17(13-16)23(31)29-11-9-28(10-12-29)21-20-22(25-15-24-21)30(27-26-20)18-7-4-8-19(14-18)32-2/h3-8,13-15H,9-12H2,1-2H3. The first-order valence-electron chi connectivity index (χ1n) is 10.5. The average Bonchev–Trinajstić information content (AvgIpc) is 3.28. The molecule has 2 aromatic carbocycles. The third kappa shape index (κ3) is 3.62. The Morgan fingerprint density at radius 3 is 2.59 bits per heavy atom. The van der Waals surface area contributed by atoms with Crippen molar-refractivity contribution in [3.8, 4) is 11.4 Å². The summed E-state index contributed by atoms with van der Waals surface area (Å²) in [6, 6.07) is 15.3. The molecule has 1 fully saturated rings. The van der Waals surface area contributed by atoms with E-state index in [1.807, 2.05) is 60.4 Å². The zero-order chi connectivity index (χ0) is 22.1. The summed E-state index contributed by atoms with van der Waals surface area (Å²) in [7, 11) is 1.63. The minimum Gasteiger partial charge on any atom is -0.497 e. The predicted molar refractivity (Wildman–Crippen MR) is 120 cm³/mol. The maximum absolute atomic E-state index is 12.9. The minimum absolute atomic E-state index is 0.0603. The number of methoxy groups -OCH3 is 1. The largest absolute Gasteiger partial charge is 0.497 e. The van der Waals surface area contributed by atoms with Gasteiger partial charge in [-0.25, -0.2) is 9.97 Å². The maximum Gasteiger partial charge on any atom is 0.253 e. The SMILES string of the molecule is COc1cccc(-n2nnc3c(N4CCN(C(=O)c5cccc(C)c5)CC4)ncnc32)c1. The highest BCUT2D eigenvalue weighted by molar-refractivity contribution is 5.94. The number of carbonyl (C=O) groups is 1. The van der Waals surface area contributed by atoms with E-state index in [0.717, 1.165) is 28.4 Å². The van der Waals surface area contributed by atoms with E-state index in [-0.39, 0.29) is 5.91 Å². The summed E-state index contributed by atoms with van der Waals surface area (Å²) >= 11 is 0. The van der Waals surface area contributed by atoms with Crippen molar-refractivity contribution in [3.63, 3.8) is 0 Å². The smallest absolute Gasteiger partial charge is 0.253 e. The van der Waals surface area contributed by atoms with Crippen molar-refractivity contribution in [3.05, 3.63) is 66.0 Å². The molecular weight excluding hydrogens is 406 g/mol. The molecule has 1 amide bonds. The van der Waals surface area contributed by atoms with E-state index in [4.69, 9.17) is 4.74 Å². The lowest BCUT2D eigenvalue weighted by Crippen LogP contribution is -2.49. The molecule has 1 aliphatic rings. The lowest BCUT2D eigenvalue weighted by atomic mass is 10.1. The Morgan fingerprint density at radius 2 is 1.81 bits per heavy atom. The fourth-order valence-electron chi connectivity index (χ4n) is 3.97. The summed E-state index contributed by atoms with van der Waals surface area (Å²) in [5, 5.41) is 8.67. The van der Waals surface area contributed by atoms with E-state index >= 15 is 0 Å². The van der Waals surface area contributed by atoms with E-state index in [9.17, 15) is 4.79 Å². The molecule has 0 bridgehead atoms. The highest BCUT2D eigenvalue weighted by atomic mass is 16.5. The number of anilines is 1. The summed E-state index contributed by atoms with van der Waals surface area (Å²) < 4.78 is 7.00. The lowest BCUT2D eigenvalue weighted by molar-refractivity contribution is 0.0746. The van der Waals surface area contributed by atoms with Crippen molar-refractivity contribution in [2.24, 2.45) is 0 Å². The van der Waals surface area contributed by atoms with Crippen LogP contribution in [-0.2, 0) is 0 Å². The number of piperazine rings is 1. The van der Waals surface area contributed by atoms with Gasteiger partial charge in [0, 0.05) is 37.8 Å². The van der Waals surface area contributed by atoms with E-state index in [1.165, 1.54) is 6.33 Å². The van der Waals surface area contributed by atoms with Crippen molar-refractivity contribution in [2.45, 2.75) is 6.92 Å². The number of ether oxygens (including phenoxy) is 1. The van der Waals surface area contributed by atoms with Gasteiger partial charge < -0.3 is 14.5 Å². The summed E-state index contributed by atoms with van der Waals surface area (Å²) in [5.74, 6) is 1.52. The van der Waals surface area contributed by atoms with Crippen LogP contribution in [0.3, 0.4) is 0 Å². The Balaban J connectivity index is 1.37. The van der Waals surface area contributed by atoms with Gasteiger partial charge >= 0.3 is 0 Å². The second kappa shape index (κ2) is 8.26. The molecule has 0 atom stereocenters. The van der Waals surface area contributed by atoms with Crippen LogP contribution in [-0.4, -0.2) is 69.1 Å². The van der Waals surface area contributed by atoms with E-state index in [0.29, 0.717) is 37.3 Å². The van der Waals surface area contributed by atoms with Crippen LogP contribution in [0, 0.1) is 6.92 Å². The van der Waals surface area contributed by atoms with Crippen LogP contribution in [0.25, 0.3) is 16.9 Å². The first-order chi connectivity index (χ1) is 15.6. The number of benzene rings is 2. The predicted octanol–water partition coefficient (Wildman–Crippen LogP) is 2.49. The molecule has 9 heteroatoms. The molecular formula is C23H23N7O2. The monoisotopic (exact) mass is 429 g/mol. The number of nitrogens with zero attached hydrogens (tertiary/aromatic N) is 7. The third-order valence-corrected chi connectivity index (χ3v) is 5.65. The molecule has 0 N–H and O–H groups in total. The van der Waals surface area contributed by atoms with E-state index in [2.05, 4.69) is 25.2 Å². The zero-order valence-electron chi connectivity index (χ0n) is 18.0. The first-order valence-corrected chi connectivity index (χ1v) is 10.5. The van der Waals surface area contributed by atoms with Gasteiger partial charge in [-0.2, -0.15) is 4.68 Å². The van der Waals surface area contributed by atoms with Crippen LogP contribution < -0.4 is 9.64 Å². The number of fused-ring (bicyclic) bond motifs is 1. The number of amides is 1. The van der Waals surface area contributed by atoms with E-state index in [1.54, 1.807) is 11.8 Å². The summed E-state index contributed by atoms with van der Waals surface area (Å²) in [4.78, 5) is 25.8. The molecule has 0 aliphatic carbocycles. The maximum atomic E-state index is 12.9. The second-order valence-corrected chi connectivity index (χ2v) is 7.72. The number of aryl methyl sites for hydroxylation is 1. The van der Waals surface area contributed by atoms with Crippen molar-refractivity contribution >= 4 is 22.9 Å². The molecule has 32 heavy (non-hydrogen) atoms. The average molecular weight is 429 g/mol. The zero-order valence-corrected chi connectivity index (χ0v) is 18.0. The number of carbonyl (C=O) groups excluding carboxylic acids is 1. The van der Waals surface area contributed by atoms with Gasteiger partial charge in [-0.15, -0.1) is 5.10 Å². The van der Waals surface area contributed by atoms with Crippen LogP contribution in [0.1, 0.15) is 15.9 Å². The van der Waals surface area contributed by atoms with Crippen LogP contribution in [0.4, 0.5) is 5.82 Å². The highest BCUT2D eigenvalue weighted by Gasteiger charge is 2.25. The van der Waals surface area contributed by atoms with E-state index < -0.39 is 0 Å². The first kappa shape index (κ1) is 19.9.